The molecule has 3 nitrogen and oxygen atoms in total. The van der Waals surface area contributed by atoms with Crippen molar-refractivity contribution in [3.63, 3.8) is 0 Å². The summed E-state index contributed by atoms with van der Waals surface area (Å²) in [6.45, 7) is 0. The van der Waals surface area contributed by atoms with Gasteiger partial charge in [0.15, 0.2) is 0 Å². The Kier molecular flexibility index (Phi) is 4.62. The largest absolute Gasteiger partial charge is 0.481 e. The summed E-state index contributed by atoms with van der Waals surface area (Å²) in [5.74, 6) is 0.987. The molecule has 0 saturated heterocycles. The van der Waals surface area contributed by atoms with E-state index in [-0.39, 0.29) is 5.69 Å². The Balaban J connectivity index is 2.10. The van der Waals surface area contributed by atoms with Gasteiger partial charge in [-0.15, -0.1) is 11.8 Å². The van der Waals surface area contributed by atoms with Crippen LogP contribution < -0.4 is 10.5 Å². The van der Waals surface area contributed by atoms with Crippen LogP contribution in [0.4, 0.5) is 18.9 Å². The van der Waals surface area contributed by atoms with Gasteiger partial charge in [-0.2, -0.15) is 13.2 Å². The number of halogens is 3. The van der Waals surface area contributed by atoms with E-state index in [1.165, 1.54) is 24.9 Å². The lowest BCUT2D eigenvalue weighted by Gasteiger charge is -2.10. The quantitative estimate of drug-likeness (QED) is 0.685. The first-order valence-corrected chi connectivity index (χ1v) is 6.98. The maximum Gasteiger partial charge on any atom is 0.416 e. The number of methoxy groups -OCH3 is 1. The van der Waals surface area contributed by atoms with Crippen molar-refractivity contribution in [3.8, 4) is 5.88 Å². The van der Waals surface area contributed by atoms with Gasteiger partial charge in [0.1, 0.15) is 0 Å². The molecule has 2 rings (SSSR count). The smallest absolute Gasteiger partial charge is 0.416 e. The molecule has 7 heteroatoms. The van der Waals surface area contributed by atoms with Gasteiger partial charge < -0.3 is 10.5 Å². The maximum atomic E-state index is 12.5. The average molecular weight is 314 g/mol. The first-order valence-electron chi connectivity index (χ1n) is 5.99. The molecule has 112 valence electrons. The Morgan fingerprint density at radius 3 is 2.62 bits per heavy atom. The van der Waals surface area contributed by atoms with Crippen LogP contribution in [0.5, 0.6) is 5.88 Å². The van der Waals surface area contributed by atoms with Gasteiger partial charge in [-0.05, 0) is 24.3 Å². The standard InChI is InChI=1S/C14H13F3N2OS/c1-20-13-4-2-3-10(19-13)8-21-12-6-5-9(7-11(12)18)14(15,16)17/h2-7H,8,18H2,1H3. The van der Waals surface area contributed by atoms with Crippen molar-refractivity contribution < 1.29 is 17.9 Å². The summed E-state index contributed by atoms with van der Waals surface area (Å²) in [7, 11) is 1.52. The number of benzene rings is 1. The fourth-order valence-corrected chi connectivity index (χ4v) is 2.51. The molecule has 0 aliphatic heterocycles. The van der Waals surface area contributed by atoms with Gasteiger partial charge in [0.05, 0.1) is 18.4 Å². The molecule has 2 aromatic rings. The van der Waals surface area contributed by atoms with Crippen molar-refractivity contribution in [2.24, 2.45) is 0 Å². The molecular formula is C14H13F3N2OS. The zero-order valence-corrected chi connectivity index (χ0v) is 12.0. The van der Waals surface area contributed by atoms with Crippen molar-refractivity contribution >= 4 is 17.4 Å². The minimum absolute atomic E-state index is 0.109. The molecule has 2 N–H and O–H groups in total. The molecule has 0 amide bonds. The van der Waals surface area contributed by atoms with E-state index in [1.54, 1.807) is 12.1 Å². The molecule has 0 fully saturated rings. The Morgan fingerprint density at radius 2 is 2.00 bits per heavy atom. The van der Waals surface area contributed by atoms with Crippen LogP contribution in [0, 0.1) is 0 Å². The van der Waals surface area contributed by atoms with Crippen LogP contribution in [-0.2, 0) is 11.9 Å². The maximum absolute atomic E-state index is 12.5. The first kappa shape index (κ1) is 15.5. The summed E-state index contributed by atoms with van der Waals surface area (Å²) in [4.78, 5) is 4.82. The fraction of sp³-hybridized carbons (Fsp3) is 0.214. The summed E-state index contributed by atoms with van der Waals surface area (Å²) in [6, 6.07) is 8.69. The Labute approximate surface area is 124 Å². The molecule has 0 bridgehead atoms. The van der Waals surface area contributed by atoms with Crippen molar-refractivity contribution in [2.75, 3.05) is 12.8 Å². The van der Waals surface area contributed by atoms with E-state index in [4.69, 9.17) is 10.5 Å². The second-order valence-corrected chi connectivity index (χ2v) is 5.23. The molecule has 0 aliphatic rings. The molecular weight excluding hydrogens is 301 g/mol. The molecule has 0 saturated carbocycles. The van der Waals surface area contributed by atoms with Crippen LogP contribution in [0.25, 0.3) is 0 Å². The summed E-state index contributed by atoms with van der Waals surface area (Å²) in [6.07, 6.45) is -4.38. The molecule has 1 heterocycles. The average Bonchev–Trinajstić information content (AvgIpc) is 2.45. The Bertz CT molecular complexity index is 632. The van der Waals surface area contributed by atoms with E-state index in [0.717, 1.165) is 17.8 Å². The second-order valence-electron chi connectivity index (χ2n) is 4.21. The lowest BCUT2D eigenvalue weighted by atomic mass is 10.2. The third-order valence-electron chi connectivity index (χ3n) is 2.70. The van der Waals surface area contributed by atoms with Crippen LogP contribution in [0.1, 0.15) is 11.3 Å². The van der Waals surface area contributed by atoms with Gasteiger partial charge in [0.25, 0.3) is 0 Å². The molecule has 0 atom stereocenters. The summed E-state index contributed by atoms with van der Waals surface area (Å²) >= 11 is 1.33. The van der Waals surface area contributed by atoms with Crippen LogP contribution in [0.3, 0.4) is 0 Å². The molecule has 0 aliphatic carbocycles. The molecule has 1 aromatic heterocycles. The number of anilines is 1. The minimum Gasteiger partial charge on any atom is -0.481 e. The normalized spacial score (nSPS) is 11.4. The van der Waals surface area contributed by atoms with Crippen LogP contribution in [-0.4, -0.2) is 12.1 Å². The highest BCUT2D eigenvalue weighted by Crippen LogP contribution is 2.35. The Morgan fingerprint density at radius 1 is 1.24 bits per heavy atom. The fourth-order valence-electron chi connectivity index (χ4n) is 1.66. The predicted octanol–water partition coefficient (Wildman–Crippen LogP) is 3.98. The number of nitrogens with two attached hydrogens (primary N) is 1. The molecule has 0 radical (unpaired) electrons. The summed E-state index contributed by atoms with van der Waals surface area (Å²) < 4.78 is 42.7. The third kappa shape index (κ3) is 4.04. The number of nitrogens with zero attached hydrogens (tertiary/aromatic N) is 1. The van der Waals surface area contributed by atoms with Crippen molar-refractivity contribution in [1.29, 1.82) is 0 Å². The van der Waals surface area contributed by atoms with E-state index < -0.39 is 11.7 Å². The highest BCUT2D eigenvalue weighted by molar-refractivity contribution is 7.98. The van der Waals surface area contributed by atoms with Gasteiger partial charge in [0.2, 0.25) is 5.88 Å². The topological polar surface area (TPSA) is 48.1 Å². The molecule has 1 aromatic carbocycles. The summed E-state index contributed by atoms with van der Waals surface area (Å²) in [5, 5.41) is 0. The second kappa shape index (κ2) is 6.26. The number of thioether (sulfide) groups is 1. The predicted molar refractivity (Wildman–Crippen MR) is 76.2 cm³/mol. The van der Waals surface area contributed by atoms with E-state index in [1.807, 2.05) is 6.07 Å². The van der Waals surface area contributed by atoms with Crippen molar-refractivity contribution in [1.82, 2.24) is 4.98 Å². The van der Waals surface area contributed by atoms with E-state index in [2.05, 4.69) is 4.98 Å². The van der Waals surface area contributed by atoms with Gasteiger partial charge in [-0.1, -0.05) is 6.07 Å². The number of hydrogen-bond acceptors (Lipinski definition) is 4. The molecule has 0 unspecified atom stereocenters. The van der Waals surface area contributed by atoms with E-state index in [0.29, 0.717) is 16.5 Å². The number of nitrogen functional groups attached to an aromatic ring is 1. The zero-order chi connectivity index (χ0) is 15.5. The third-order valence-corrected chi connectivity index (χ3v) is 3.83. The molecule has 0 spiro atoms. The Hall–Kier alpha value is -1.89. The monoisotopic (exact) mass is 314 g/mol. The van der Waals surface area contributed by atoms with Gasteiger partial charge in [-0.25, -0.2) is 4.98 Å². The van der Waals surface area contributed by atoms with E-state index in [9.17, 15) is 13.2 Å². The van der Waals surface area contributed by atoms with Gasteiger partial charge in [0, 0.05) is 22.4 Å². The van der Waals surface area contributed by atoms with E-state index >= 15 is 0 Å². The first-order chi connectivity index (χ1) is 9.90. The number of alkyl halides is 3. The molecule has 21 heavy (non-hydrogen) atoms. The minimum atomic E-state index is -4.38. The summed E-state index contributed by atoms with van der Waals surface area (Å²) in [5.41, 5.74) is 5.80. The van der Waals surface area contributed by atoms with Crippen LogP contribution >= 0.6 is 11.8 Å². The lowest BCUT2D eigenvalue weighted by molar-refractivity contribution is -0.137. The number of aromatic nitrogens is 1. The van der Waals surface area contributed by atoms with Gasteiger partial charge in [-0.3, -0.25) is 0 Å². The SMILES string of the molecule is COc1cccc(CSc2ccc(C(F)(F)F)cc2N)n1. The lowest BCUT2D eigenvalue weighted by Crippen LogP contribution is -2.05. The number of hydrogen-bond donors (Lipinski definition) is 1. The number of pyridine rings is 1. The number of ether oxygens (including phenoxy) is 1. The highest BCUT2D eigenvalue weighted by atomic mass is 32.2. The number of rotatable bonds is 4. The van der Waals surface area contributed by atoms with Crippen LogP contribution in [0.2, 0.25) is 0 Å². The van der Waals surface area contributed by atoms with Gasteiger partial charge >= 0.3 is 6.18 Å². The van der Waals surface area contributed by atoms with Crippen molar-refractivity contribution in [2.45, 2.75) is 16.8 Å². The zero-order valence-electron chi connectivity index (χ0n) is 11.1. The highest BCUT2D eigenvalue weighted by Gasteiger charge is 2.30. The van der Waals surface area contributed by atoms with Crippen molar-refractivity contribution in [3.05, 3.63) is 47.7 Å². The van der Waals surface area contributed by atoms with Crippen LogP contribution in [0.15, 0.2) is 41.3 Å².